The molecule has 1 aliphatic heterocycles. The highest BCUT2D eigenvalue weighted by Crippen LogP contribution is 2.30. The van der Waals surface area contributed by atoms with E-state index in [0.717, 1.165) is 22.1 Å². The summed E-state index contributed by atoms with van der Waals surface area (Å²) in [7, 11) is 1.34. The van der Waals surface area contributed by atoms with E-state index in [1.54, 1.807) is 13.1 Å². The first-order valence-electron chi connectivity index (χ1n) is 8.88. The van der Waals surface area contributed by atoms with Gasteiger partial charge < -0.3 is 15.3 Å². The first kappa shape index (κ1) is 20.8. The van der Waals surface area contributed by atoms with Gasteiger partial charge in [0, 0.05) is 43.2 Å². The average molecular weight is 414 g/mol. The van der Waals surface area contributed by atoms with E-state index >= 15 is 0 Å². The number of hydrogen-bond donors (Lipinski definition) is 3. The van der Waals surface area contributed by atoms with Crippen molar-refractivity contribution in [2.75, 3.05) is 13.1 Å². The summed E-state index contributed by atoms with van der Waals surface area (Å²) < 4.78 is 40.0. The van der Waals surface area contributed by atoms with E-state index in [0.29, 0.717) is 0 Å². The molecule has 0 spiro atoms. The first-order valence-corrected chi connectivity index (χ1v) is 8.88. The molecular weight excluding hydrogens is 393 g/mol. The summed E-state index contributed by atoms with van der Waals surface area (Å²) in [5.74, 6) is -0.926. The maximum atomic E-state index is 13.0. The van der Waals surface area contributed by atoms with E-state index in [1.165, 1.54) is 11.9 Å². The van der Waals surface area contributed by atoms with Crippen LogP contribution in [0.25, 0.3) is 0 Å². The van der Waals surface area contributed by atoms with E-state index in [-0.39, 0.29) is 31.0 Å². The van der Waals surface area contributed by atoms with Gasteiger partial charge in [0.05, 0.1) is 31.2 Å². The zero-order valence-corrected chi connectivity index (χ0v) is 15.8. The van der Waals surface area contributed by atoms with Gasteiger partial charge in [-0.05, 0) is 6.92 Å². The van der Waals surface area contributed by atoms with Crippen LogP contribution in [0.15, 0.2) is 12.4 Å². The number of carbonyl (C=O) groups excluding carboxylic acids is 2. The Labute approximate surface area is 163 Å². The number of hydrogen-bond acceptors (Lipinski definition) is 5. The molecule has 1 aliphatic rings. The van der Waals surface area contributed by atoms with Gasteiger partial charge in [0.2, 0.25) is 11.8 Å². The third-order valence-electron chi connectivity index (χ3n) is 4.79. The van der Waals surface area contributed by atoms with Gasteiger partial charge in [-0.1, -0.05) is 0 Å². The van der Waals surface area contributed by atoms with E-state index in [2.05, 4.69) is 20.6 Å². The topological polar surface area (TPSA) is 116 Å². The number of amides is 2. The predicted molar refractivity (Wildman–Crippen MR) is 93.5 cm³/mol. The number of halogens is 3. The van der Waals surface area contributed by atoms with Gasteiger partial charge in [-0.15, -0.1) is 0 Å². The molecule has 0 unspecified atom stereocenters. The number of β-amino-alcohol motifs (C(OH)–C–C–N with tert-alkyl or cyclic N) is 1. The molecule has 0 radical (unpaired) electrons. The summed E-state index contributed by atoms with van der Waals surface area (Å²) in [6, 6.07) is -0.761. The fourth-order valence-corrected chi connectivity index (χ4v) is 3.30. The zero-order chi connectivity index (χ0) is 21.3. The number of aliphatic hydroxyl groups excluding tert-OH is 1. The number of aliphatic hydroxyl groups is 1. The lowest BCUT2D eigenvalue weighted by molar-refractivity contribution is -0.142. The maximum Gasteiger partial charge on any atom is 0.435 e. The van der Waals surface area contributed by atoms with Crippen molar-refractivity contribution in [1.29, 1.82) is 0 Å². The Morgan fingerprint density at radius 1 is 1.31 bits per heavy atom. The van der Waals surface area contributed by atoms with Crippen LogP contribution in [0.1, 0.15) is 22.5 Å². The highest BCUT2D eigenvalue weighted by molar-refractivity contribution is 5.81. The van der Waals surface area contributed by atoms with E-state index < -0.39 is 36.3 Å². The summed E-state index contributed by atoms with van der Waals surface area (Å²) >= 11 is 0. The van der Waals surface area contributed by atoms with Crippen molar-refractivity contribution >= 4 is 11.8 Å². The summed E-state index contributed by atoms with van der Waals surface area (Å²) in [6.07, 6.45) is -3.43. The van der Waals surface area contributed by atoms with Crippen molar-refractivity contribution in [2.45, 2.75) is 38.1 Å². The van der Waals surface area contributed by atoms with Gasteiger partial charge in [0.25, 0.3) is 0 Å². The molecule has 3 rings (SSSR count). The van der Waals surface area contributed by atoms with Crippen molar-refractivity contribution in [3.8, 4) is 0 Å². The Bertz CT molecular complexity index is 907. The number of alkyl halides is 3. The molecule has 3 N–H and O–H groups in total. The largest absolute Gasteiger partial charge is 0.435 e. The Balaban J connectivity index is 1.59. The van der Waals surface area contributed by atoms with Crippen molar-refractivity contribution in [2.24, 2.45) is 7.05 Å². The lowest BCUT2D eigenvalue weighted by Crippen LogP contribution is -2.43. The van der Waals surface area contributed by atoms with Crippen molar-refractivity contribution < 1.29 is 27.9 Å². The summed E-state index contributed by atoms with van der Waals surface area (Å²) in [5.41, 5.74) is 0.121. The second-order valence-corrected chi connectivity index (χ2v) is 7.09. The number of nitrogens with zero attached hydrogens (tertiary/aromatic N) is 4. The van der Waals surface area contributed by atoms with Gasteiger partial charge >= 0.3 is 6.18 Å². The molecule has 2 amide bonds. The molecule has 0 saturated carbocycles. The standard InChI is InChI=1S/C17H21F3N6O3/c1-9-10(5-21-23-9)4-15(29)26-7-12(13(27)8-26)22-14(28)3-11-6-25(2)24-16(11)17(18,19)20/h5-6,12-13,27H,3-4,7-8H2,1-2H3,(H,21,23)(H,22,28)/t12-,13-/m1/s1. The van der Waals surface area contributed by atoms with Gasteiger partial charge in [-0.25, -0.2) is 0 Å². The van der Waals surface area contributed by atoms with Gasteiger partial charge in [0.15, 0.2) is 5.69 Å². The predicted octanol–water partition coefficient (Wildman–Crippen LogP) is -0.0565. The van der Waals surface area contributed by atoms with Crippen LogP contribution in [0.4, 0.5) is 13.2 Å². The van der Waals surface area contributed by atoms with E-state index in [1.807, 2.05) is 0 Å². The van der Waals surface area contributed by atoms with Crippen LogP contribution in [0.3, 0.4) is 0 Å². The zero-order valence-electron chi connectivity index (χ0n) is 15.8. The Morgan fingerprint density at radius 2 is 2.03 bits per heavy atom. The number of nitrogens with one attached hydrogen (secondary N) is 2. The molecule has 0 aromatic carbocycles. The number of aromatic amines is 1. The van der Waals surface area contributed by atoms with Crippen molar-refractivity contribution in [1.82, 2.24) is 30.2 Å². The Morgan fingerprint density at radius 3 is 2.66 bits per heavy atom. The number of aryl methyl sites for hydroxylation is 2. The van der Waals surface area contributed by atoms with Crippen LogP contribution in [0.2, 0.25) is 0 Å². The minimum absolute atomic E-state index is 0.0291. The van der Waals surface area contributed by atoms with E-state index in [9.17, 15) is 27.9 Å². The number of aromatic nitrogens is 4. The fraction of sp³-hybridized carbons (Fsp3) is 0.529. The second-order valence-electron chi connectivity index (χ2n) is 7.09. The Kier molecular flexibility index (Phi) is 5.64. The molecule has 9 nitrogen and oxygen atoms in total. The molecule has 2 aromatic heterocycles. The number of carbonyl (C=O) groups is 2. The molecule has 1 saturated heterocycles. The van der Waals surface area contributed by atoms with Crippen LogP contribution in [0.5, 0.6) is 0 Å². The Hall–Kier alpha value is -2.89. The second kappa shape index (κ2) is 7.85. The monoisotopic (exact) mass is 414 g/mol. The number of rotatable bonds is 5. The molecule has 29 heavy (non-hydrogen) atoms. The van der Waals surface area contributed by atoms with Gasteiger partial charge in [-0.3, -0.25) is 19.4 Å². The van der Waals surface area contributed by atoms with Crippen LogP contribution >= 0.6 is 0 Å². The van der Waals surface area contributed by atoms with Crippen molar-refractivity contribution in [3.05, 3.63) is 34.9 Å². The van der Waals surface area contributed by atoms with Crippen LogP contribution < -0.4 is 5.32 Å². The third-order valence-corrected chi connectivity index (χ3v) is 4.79. The summed E-state index contributed by atoms with van der Waals surface area (Å²) in [6.45, 7) is 1.88. The lowest BCUT2D eigenvalue weighted by atomic mass is 10.1. The molecule has 2 aromatic rings. The summed E-state index contributed by atoms with van der Waals surface area (Å²) in [4.78, 5) is 26.1. The SMILES string of the molecule is Cc1[nH]ncc1CC(=O)N1C[C@@H](O)[C@H](NC(=O)Cc2cn(C)nc2C(F)(F)F)C1. The average Bonchev–Trinajstić information content (AvgIpc) is 3.28. The van der Waals surface area contributed by atoms with Gasteiger partial charge in [-0.2, -0.15) is 23.4 Å². The highest BCUT2D eigenvalue weighted by atomic mass is 19.4. The summed E-state index contributed by atoms with van der Waals surface area (Å²) in [5, 5.41) is 22.6. The molecule has 1 fully saturated rings. The molecule has 158 valence electrons. The molecular formula is C17H21F3N6O3. The molecule has 3 heterocycles. The van der Waals surface area contributed by atoms with Crippen LogP contribution in [-0.2, 0) is 35.7 Å². The molecule has 2 atom stereocenters. The smallest absolute Gasteiger partial charge is 0.389 e. The minimum Gasteiger partial charge on any atom is -0.389 e. The van der Waals surface area contributed by atoms with Crippen LogP contribution in [0, 0.1) is 6.92 Å². The lowest BCUT2D eigenvalue weighted by Gasteiger charge is -2.17. The molecule has 12 heteroatoms. The van der Waals surface area contributed by atoms with Crippen molar-refractivity contribution in [3.63, 3.8) is 0 Å². The minimum atomic E-state index is -4.67. The third kappa shape index (κ3) is 4.75. The molecule has 0 aliphatic carbocycles. The first-order chi connectivity index (χ1) is 13.5. The number of H-pyrrole nitrogens is 1. The normalized spacial score (nSPS) is 19.6. The highest BCUT2D eigenvalue weighted by Gasteiger charge is 2.38. The van der Waals surface area contributed by atoms with Crippen LogP contribution in [-0.4, -0.2) is 67.0 Å². The fourth-order valence-electron chi connectivity index (χ4n) is 3.30. The number of likely N-dealkylation sites (tertiary alicyclic amines) is 1. The van der Waals surface area contributed by atoms with Gasteiger partial charge in [0.1, 0.15) is 0 Å². The van der Waals surface area contributed by atoms with E-state index in [4.69, 9.17) is 0 Å². The quantitative estimate of drug-likeness (QED) is 0.634. The maximum absolute atomic E-state index is 13.0. The molecule has 0 bridgehead atoms.